The Hall–Kier alpha value is -0.630. The first kappa shape index (κ1) is 8.37. The predicted octanol–water partition coefficient (Wildman–Crippen LogP) is 1.62. The molecule has 50 valence electrons. The van der Waals surface area contributed by atoms with Gasteiger partial charge in [0, 0.05) is 22.0 Å². The van der Waals surface area contributed by atoms with Crippen molar-refractivity contribution in [2.45, 2.75) is 0 Å². The van der Waals surface area contributed by atoms with Crippen LogP contribution in [0.15, 0.2) is 36.3 Å². The van der Waals surface area contributed by atoms with Crippen LogP contribution < -0.4 is 0 Å². The summed E-state index contributed by atoms with van der Waals surface area (Å²) >= 11 is 0. The van der Waals surface area contributed by atoms with Crippen molar-refractivity contribution in [2.75, 3.05) is 6.26 Å². The van der Waals surface area contributed by atoms with Gasteiger partial charge in [-0.2, -0.15) is 0 Å². The van der Waals surface area contributed by atoms with Gasteiger partial charge in [0.15, 0.2) is 0 Å². The summed E-state index contributed by atoms with van der Waals surface area (Å²) in [5.41, 5.74) is 0. The van der Waals surface area contributed by atoms with Crippen molar-refractivity contribution in [3.63, 3.8) is 0 Å². The smallest absolute Gasteiger partial charge is 0.0492 e. The van der Waals surface area contributed by atoms with Gasteiger partial charge in [0.1, 0.15) is 0 Å². The summed E-state index contributed by atoms with van der Waals surface area (Å²) < 4.78 is 10.6. The minimum atomic E-state index is -0.941. The number of hydrogen-bond donors (Lipinski definition) is 0. The summed E-state index contributed by atoms with van der Waals surface area (Å²) in [7, 11) is -0.941. The maximum atomic E-state index is 10.6. The lowest BCUT2D eigenvalue weighted by Crippen LogP contribution is -1.83. The Morgan fingerprint density at radius 1 is 1.67 bits per heavy atom. The molecule has 0 aliphatic carbocycles. The van der Waals surface area contributed by atoms with Gasteiger partial charge in [-0.05, 0) is 6.08 Å². The molecule has 2 heteroatoms. The van der Waals surface area contributed by atoms with Crippen LogP contribution in [-0.4, -0.2) is 10.5 Å². The van der Waals surface area contributed by atoms with Gasteiger partial charge in [-0.15, -0.1) is 0 Å². The zero-order valence-electron chi connectivity index (χ0n) is 5.46. The molecule has 0 aromatic carbocycles. The molecule has 0 fully saturated rings. The lowest BCUT2D eigenvalue weighted by molar-refractivity contribution is 0.691. The molecule has 0 amide bonds. The molecule has 0 spiro atoms. The Morgan fingerprint density at radius 3 is 2.56 bits per heavy atom. The summed E-state index contributed by atoms with van der Waals surface area (Å²) in [5, 5.41) is 0. The molecule has 0 heterocycles. The van der Waals surface area contributed by atoms with Crippen LogP contribution in [0.1, 0.15) is 0 Å². The van der Waals surface area contributed by atoms with Crippen molar-refractivity contribution < 1.29 is 4.21 Å². The van der Waals surface area contributed by atoms with Crippen molar-refractivity contribution in [2.24, 2.45) is 0 Å². The minimum absolute atomic E-state index is 0.620. The zero-order chi connectivity index (χ0) is 7.28. The molecule has 0 bridgehead atoms. The fourth-order valence-corrected chi connectivity index (χ4v) is 0.541. The van der Waals surface area contributed by atoms with Crippen molar-refractivity contribution >= 4 is 10.8 Å². The first-order valence-electron chi connectivity index (χ1n) is 2.50. The molecule has 1 atom stereocenters. The van der Waals surface area contributed by atoms with Gasteiger partial charge in [0.2, 0.25) is 0 Å². The molecule has 0 rings (SSSR count). The number of allylic oxidation sites excluding steroid dienone is 3. The largest absolute Gasteiger partial charge is 0.255 e. The van der Waals surface area contributed by atoms with E-state index in [1.165, 1.54) is 0 Å². The molecule has 0 saturated heterocycles. The molecule has 0 aliphatic rings. The van der Waals surface area contributed by atoms with Crippen LogP contribution in [-0.2, 0) is 10.8 Å². The first-order valence-corrected chi connectivity index (χ1v) is 4.05. The van der Waals surface area contributed by atoms with Crippen LogP contribution >= 0.6 is 0 Å². The fourth-order valence-electron chi connectivity index (χ4n) is 0.271. The molecular weight excluding hydrogens is 132 g/mol. The molecule has 1 unspecified atom stereocenters. The average molecular weight is 142 g/mol. The summed E-state index contributed by atoms with van der Waals surface area (Å²) in [6.45, 7) is 7.02. The molecule has 1 nitrogen and oxygen atoms in total. The van der Waals surface area contributed by atoms with E-state index in [2.05, 4.69) is 13.2 Å². The van der Waals surface area contributed by atoms with E-state index in [4.69, 9.17) is 0 Å². The SMILES string of the molecule is C=CC=CC(=C)S(C)=O. The van der Waals surface area contributed by atoms with E-state index in [0.29, 0.717) is 4.91 Å². The fraction of sp³-hybridized carbons (Fsp3) is 0.143. The second kappa shape index (κ2) is 4.27. The Morgan fingerprint density at radius 2 is 2.22 bits per heavy atom. The Labute approximate surface area is 58.2 Å². The highest BCUT2D eigenvalue weighted by atomic mass is 32.2. The van der Waals surface area contributed by atoms with Gasteiger partial charge < -0.3 is 0 Å². The van der Waals surface area contributed by atoms with E-state index < -0.39 is 10.8 Å². The molecule has 0 N–H and O–H groups in total. The van der Waals surface area contributed by atoms with Crippen LogP contribution in [0.25, 0.3) is 0 Å². The van der Waals surface area contributed by atoms with E-state index in [1.807, 2.05) is 0 Å². The topological polar surface area (TPSA) is 17.1 Å². The van der Waals surface area contributed by atoms with Crippen molar-refractivity contribution in [1.82, 2.24) is 0 Å². The van der Waals surface area contributed by atoms with Gasteiger partial charge in [-0.25, -0.2) is 0 Å². The van der Waals surface area contributed by atoms with E-state index in [0.717, 1.165) is 0 Å². The summed E-state index contributed by atoms with van der Waals surface area (Å²) in [4.78, 5) is 0.620. The Balaban J connectivity index is 3.92. The third-order valence-electron chi connectivity index (χ3n) is 0.787. The quantitative estimate of drug-likeness (QED) is 0.547. The monoisotopic (exact) mass is 142 g/mol. The van der Waals surface area contributed by atoms with Gasteiger partial charge in [-0.1, -0.05) is 25.3 Å². The summed E-state index contributed by atoms with van der Waals surface area (Å²) in [6, 6.07) is 0. The van der Waals surface area contributed by atoms with E-state index >= 15 is 0 Å². The molecular formula is C7H10OS. The zero-order valence-corrected chi connectivity index (χ0v) is 6.28. The molecule has 0 aliphatic heterocycles. The second-order valence-electron chi connectivity index (χ2n) is 1.52. The lowest BCUT2D eigenvalue weighted by atomic mass is 10.5. The van der Waals surface area contributed by atoms with Crippen molar-refractivity contribution in [1.29, 1.82) is 0 Å². The normalized spacial score (nSPS) is 13.4. The van der Waals surface area contributed by atoms with Gasteiger partial charge in [-0.3, -0.25) is 4.21 Å². The highest BCUT2D eigenvalue weighted by Gasteiger charge is 1.88. The Kier molecular flexibility index (Phi) is 3.97. The maximum Gasteiger partial charge on any atom is 0.0492 e. The first-order chi connectivity index (χ1) is 4.18. The van der Waals surface area contributed by atoms with Gasteiger partial charge in [0.05, 0.1) is 0 Å². The van der Waals surface area contributed by atoms with Gasteiger partial charge >= 0.3 is 0 Å². The summed E-state index contributed by atoms with van der Waals surface area (Å²) in [6.07, 6.45) is 6.61. The van der Waals surface area contributed by atoms with Crippen LogP contribution in [0.3, 0.4) is 0 Å². The van der Waals surface area contributed by atoms with Crippen LogP contribution in [0.5, 0.6) is 0 Å². The van der Waals surface area contributed by atoms with Crippen LogP contribution in [0, 0.1) is 0 Å². The third-order valence-corrected chi connectivity index (χ3v) is 1.66. The standard InChI is InChI=1S/C7H10OS/c1-4-5-6-7(2)9(3)8/h4-6H,1-2H2,3H3. The van der Waals surface area contributed by atoms with E-state index in [1.54, 1.807) is 24.5 Å². The second-order valence-corrected chi connectivity index (χ2v) is 2.95. The molecule has 0 radical (unpaired) electrons. The lowest BCUT2D eigenvalue weighted by Gasteiger charge is -1.88. The third kappa shape index (κ3) is 3.91. The van der Waals surface area contributed by atoms with Crippen molar-refractivity contribution in [3.8, 4) is 0 Å². The maximum absolute atomic E-state index is 10.6. The van der Waals surface area contributed by atoms with Gasteiger partial charge in [0.25, 0.3) is 0 Å². The van der Waals surface area contributed by atoms with Crippen LogP contribution in [0.2, 0.25) is 0 Å². The molecule has 9 heavy (non-hydrogen) atoms. The molecule has 0 aromatic rings. The van der Waals surface area contributed by atoms with E-state index in [9.17, 15) is 4.21 Å². The predicted molar refractivity (Wildman–Crippen MR) is 42.5 cm³/mol. The molecule has 0 aromatic heterocycles. The average Bonchev–Trinajstić information content (AvgIpc) is 1.82. The number of rotatable bonds is 3. The molecule has 0 saturated carbocycles. The minimum Gasteiger partial charge on any atom is -0.255 e. The Bertz CT molecular complexity index is 168. The summed E-state index contributed by atoms with van der Waals surface area (Å²) in [5.74, 6) is 0. The number of hydrogen-bond acceptors (Lipinski definition) is 1. The van der Waals surface area contributed by atoms with Crippen molar-refractivity contribution in [3.05, 3.63) is 36.3 Å². The highest BCUT2D eigenvalue weighted by molar-refractivity contribution is 7.88. The van der Waals surface area contributed by atoms with E-state index in [-0.39, 0.29) is 0 Å². The highest BCUT2D eigenvalue weighted by Crippen LogP contribution is 1.96. The van der Waals surface area contributed by atoms with Crippen LogP contribution in [0.4, 0.5) is 0 Å².